The van der Waals surface area contributed by atoms with Gasteiger partial charge in [-0.25, -0.2) is 0 Å². The highest BCUT2D eigenvalue weighted by atomic mass is 16.1. The van der Waals surface area contributed by atoms with Crippen LogP contribution in [0.3, 0.4) is 0 Å². The molecule has 0 aliphatic carbocycles. The minimum atomic E-state index is 0.138. The summed E-state index contributed by atoms with van der Waals surface area (Å²) in [7, 11) is 0. The Hall–Kier alpha value is -1.31. The largest absolute Gasteiger partial charge is 0.374 e. The number of hydrogen-bond acceptors (Lipinski definition) is 2. The highest BCUT2D eigenvalue weighted by molar-refractivity contribution is 6.03. The maximum Gasteiger partial charge on any atom is 0.167 e. The molecule has 2 rings (SSSR count). The minimum Gasteiger partial charge on any atom is -0.374 e. The second-order valence-corrected chi connectivity index (χ2v) is 2.45. The number of nitrogens with one attached hydrogen (secondary N) is 1. The van der Waals surface area contributed by atoms with Crippen molar-refractivity contribution in [3.63, 3.8) is 0 Å². The molecule has 1 aromatic rings. The van der Waals surface area contributed by atoms with Crippen molar-refractivity contribution in [2.75, 3.05) is 5.32 Å². The molecule has 1 aromatic carbocycles. The lowest BCUT2D eigenvalue weighted by molar-refractivity contribution is 0.0990. The monoisotopic (exact) mass is 145 g/mol. The zero-order valence-corrected chi connectivity index (χ0v) is 5.92. The molecular formula is C9H7NO. The predicted molar refractivity (Wildman–Crippen MR) is 42.3 cm³/mol. The molecule has 0 saturated carbocycles. The maximum absolute atomic E-state index is 11.2. The van der Waals surface area contributed by atoms with Crippen molar-refractivity contribution in [2.24, 2.45) is 0 Å². The van der Waals surface area contributed by atoms with E-state index in [0.717, 1.165) is 11.3 Å². The van der Waals surface area contributed by atoms with Crippen molar-refractivity contribution in [3.8, 4) is 0 Å². The second kappa shape index (κ2) is 2.38. The van der Waals surface area contributed by atoms with Gasteiger partial charge in [-0.2, -0.15) is 0 Å². The van der Waals surface area contributed by atoms with E-state index in [0.29, 0.717) is 6.42 Å². The van der Waals surface area contributed by atoms with Crippen LogP contribution in [-0.2, 0) is 0 Å². The van der Waals surface area contributed by atoms with E-state index in [-0.39, 0.29) is 5.78 Å². The molecule has 0 atom stereocenters. The van der Waals surface area contributed by atoms with Gasteiger partial charge in [-0.3, -0.25) is 4.79 Å². The van der Waals surface area contributed by atoms with E-state index < -0.39 is 0 Å². The van der Waals surface area contributed by atoms with Crippen molar-refractivity contribution in [2.45, 2.75) is 6.42 Å². The molecule has 2 radical (unpaired) electrons. The molecule has 0 aromatic heterocycles. The van der Waals surface area contributed by atoms with Gasteiger partial charge < -0.3 is 5.32 Å². The fourth-order valence-corrected chi connectivity index (χ4v) is 1.15. The zero-order valence-electron chi connectivity index (χ0n) is 5.92. The van der Waals surface area contributed by atoms with Gasteiger partial charge >= 0.3 is 0 Å². The quantitative estimate of drug-likeness (QED) is 0.602. The molecule has 0 saturated heterocycles. The van der Waals surface area contributed by atoms with Crippen LogP contribution in [0.4, 0.5) is 5.69 Å². The van der Waals surface area contributed by atoms with Gasteiger partial charge in [-0.05, 0) is 12.1 Å². The lowest BCUT2D eigenvalue weighted by Crippen LogP contribution is -2.13. The first kappa shape index (κ1) is 6.40. The molecule has 0 fully saturated rings. The van der Waals surface area contributed by atoms with Gasteiger partial charge in [-0.15, -0.1) is 0 Å². The molecule has 0 unspecified atom stereocenters. The maximum atomic E-state index is 11.2. The molecule has 1 aliphatic rings. The normalized spacial score (nSPS) is 15.5. The van der Waals surface area contributed by atoms with Crippen molar-refractivity contribution in [1.29, 1.82) is 0 Å². The Labute approximate surface area is 65.2 Å². The number of anilines is 1. The highest BCUT2D eigenvalue weighted by Gasteiger charge is 2.15. The molecule has 0 amide bonds. The van der Waals surface area contributed by atoms with Crippen LogP contribution in [0.25, 0.3) is 0 Å². The standard InChI is InChI=1S/C9H7NO/c11-9-5-6-10-8-4-2-1-3-7(8)9/h1-4,10H,5H2. The number of rotatable bonds is 0. The first-order chi connectivity index (χ1) is 5.38. The average molecular weight is 145 g/mol. The Kier molecular flexibility index (Phi) is 1.39. The first-order valence-electron chi connectivity index (χ1n) is 3.49. The molecule has 0 bridgehead atoms. The van der Waals surface area contributed by atoms with Gasteiger partial charge in [0.05, 0.1) is 6.54 Å². The van der Waals surface area contributed by atoms with Gasteiger partial charge in [0.15, 0.2) is 5.78 Å². The molecule has 1 aliphatic heterocycles. The number of ketones is 1. The van der Waals surface area contributed by atoms with Crippen LogP contribution < -0.4 is 5.32 Å². The van der Waals surface area contributed by atoms with Crippen molar-refractivity contribution < 1.29 is 4.79 Å². The number of hydrogen-bond donors (Lipinski definition) is 1. The minimum absolute atomic E-state index is 0.138. The summed E-state index contributed by atoms with van der Waals surface area (Å²) in [5, 5.41) is 2.92. The Morgan fingerprint density at radius 1 is 1.36 bits per heavy atom. The van der Waals surface area contributed by atoms with E-state index in [9.17, 15) is 4.79 Å². The molecule has 2 nitrogen and oxygen atoms in total. The van der Waals surface area contributed by atoms with Crippen LogP contribution >= 0.6 is 0 Å². The average Bonchev–Trinajstić information content (AvgIpc) is 2.06. The van der Waals surface area contributed by atoms with Gasteiger partial charge in [0.25, 0.3) is 0 Å². The van der Waals surface area contributed by atoms with Crippen LogP contribution in [0.2, 0.25) is 0 Å². The molecule has 1 heterocycles. The Bertz CT molecular complexity index is 293. The van der Waals surface area contributed by atoms with Crippen molar-refractivity contribution in [1.82, 2.24) is 0 Å². The summed E-state index contributed by atoms with van der Waals surface area (Å²) in [6.07, 6.45) is 0.372. The van der Waals surface area contributed by atoms with E-state index in [4.69, 9.17) is 0 Å². The lowest BCUT2D eigenvalue weighted by Gasteiger charge is -2.14. The number of Topliss-reactive ketones (excluding diaryl/α,β-unsaturated/α-hetero) is 1. The number of carbonyl (C=O) groups is 1. The molecular weight excluding hydrogens is 138 g/mol. The summed E-state index contributed by atoms with van der Waals surface area (Å²) in [5.41, 5.74) is 1.63. The van der Waals surface area contributed by atoms with Crippen molar-refractivity contribution >= 4 is 11.5 Å². The smallest absolute Gasteiger partial charge is 0.167 e. The summed E-state index contributed by atoms with van der Waals surface area (Å²) >= 11 is 0. The molecule has 11 heavy (non-hydrogen) atoms. The van der Waals surface area contributed by atoms with Gasteiger partial charge in [0.1, 0.15) is 0 Å². The fraction of sp³-hybridized carbons (Fsp3) is 0.111. The number of carbonyl (C=O) groups excluding carboxylic acids is 1. The van der Waals surface area contributed by atoms with E-state index >= 15 is 0 Å². The Morgan fingerprint density at radius 2 is 2.18 bits per heavy atom. The molecule has 1 N–H and O–H groups in total. The summed E-state index contributed by atoms with van der Waals surface area (Å²) in [6.45, 7) is 2.79. The number of fused-ring (bicyclic) bond motifs is 1. The lowest BCUT2D eigenvalue weighted by atomic mass is 10.0. The van der Waals surface area contributed by atoms with Crippen LogP contribution in [0, 0.1) is 6.54 Å². The Balaban J connectivity index is 2.52. The molecule has 54 valence electrons. The summed E-state index contributed by atoms with van der Waals surface area (Å²) in [5.74, 6) is 0.138. The van der Waals surface area contributed by atoms with E-state index in [1.165, 1.54) is 0 Å². The number of para-hydroxylation sites is 1. The second-order valence-electron chi connectivity index (χ2n) is 2.45. The van der Waals surface area contributed by atoms with Gasteiger partial charge in [0, 0.05) is 17.7 Å². The SMILES string of the molecule is O=C1C[C]Nc2ccccc21. The summed E-state index contributed by atoms with van der Waals surface area (Å²) in [6, 6.07) is 7.46. The fourth-order valence-electron chi connectivity index (χ4n) is 1.15. The topological polar surface area (TPSA) is 29.1 Å². The van der Waals surface area contributed by atoms with Crippen LogP contribution in [-0.4, -0.2) is 5.78 Å². The molecule has 0 spiro atoms. The third-order valence-electron chi connectivity index (χ3n) is 1.70. The molecule has 2 heteroatoms. The van der Waals surface area contributed by atoms with Gasteiger partial charge in [0.2, 0.25) is 0 Å². The zero-order chi connectivity index (χ0) is 7.68. The third-order valence-corrected chi connectivity index (χ3v) is 1.70. The van der Waals surface area contributed by atoms with E-state index in [1.807, 2.05) is 24.3 Å². The third kappa shape index (κ3) is 1.00. The first-order valence-corrected chi connectivity index (χ1v) is 3.49. The predicted octanol–water partition coefficient (Wildman–Crippen LogP) is 1.72. The van der Waals surface area contributed by atoms with Crippen LogP contribution in [0.5, 0.6) is 0 Å². The highest BCUT2D eigenvalue weighted by Crippen LogP contribution is 2.21. The van der Waals surface area contributed by atoms with Crippen molar-refractivity contribution in [3.05, 3.63) is 36.4 Å². The summed E-state index contributed by atoms with van der Waals surface area (Å²) in [4.78, 5) is 11.2. The van der Waals surface area contributed by atoms with Crippen LogP contribution in [0.1, 0.15) is 16.8 Å². The van der Waals surface area contributed by atoms with E-state index in [2.05, 4.69) is 11.9 Å². The summed E-state index contributed by atoms with van der Waals surface area (Å²) < 4.78 is 0. The number of benzene rings is 1. The van der Waals surface area contributed by atoms with Gasteiger partial charge in [-0.1, -0.05) is 12.1 Å². The Morgan fingerprint density at radius 3 is 3.00 bits per heavy atom. The van der Waals surface area contributed by atoms with Crippen LogP contribution in [0.15, 0.2) is 24.3 Å². The van der Waals surface area contributed by atoms with E-state index in [1.54, 1.807) is 0 Å².